The van der Waals surface area contributed by atoms with Crippen LogP contribution in [0.15, 0.2) is 25.3 Å². The second-order valence-electron chi connectivity index (χ2n) is 10.2. The van der Waals surface area contributed by atoms with E-state index in [0.29, 0.717) is 25.9 Å². The summed E-state index contributed by atoms with van der Waals surface area (Å²) in [6, 6.07) is -0.615. The Morgan fingerprint density at radius 2 is 2.00 bits per heavy atom. The van der Waals surface area contributed by atoms with Gasteiger partial charge in [0.05, 0.1) is 16.6 Å². The zero-order chi connectivity index (χ0) is 24.4. The molecule has 8 heteroatoms. The number of nitrogens with zero attached hydrogens (tertiary/aromatic N) is 2. The van der Waals surface area contributed by atoms with E-state index in [1.807, 2.05) is 20.8 Å². The summed E-state index contributed by atoms with van der Waals surface area (Å²) >= 11 is 1.65. The number of hydrogen-bond donors (Lipinski definition) is 1. The fourth-order valence-electron chi connectivity index (χ4n) is 5.72. The molecule has 0 aromatic rings. The number of likely N-dealkylation sites (tertiary alicyclic amines) is 1. The summed E-state index contributed by atoms with van der Waals surface area (Å²) in [7, 11) is 0. The first-order valence-corrected chi connectivity index (χ1v) is 12.8. The van der Waals surface area contributed by atoms with E-state index in [1.165, 1.54) is 6.08 Å². The number of ether oxygens (including phenoxy) is 1. The highest BCUT2D eigenvalue weighted by Gasteiger charge is 2.74. The molecule has 1 spiro atoms. The molecule has 184 valence electrons. The maximum Gasteiger partial charge on any atom is 0.311 e. The average molecular weight is 479 g/mol. The molecule has 3 heterocycles. The maximum atomic E-state index is 14.1. The largest absolute Gasteiger partial charge is 0.461 e. The minimum atomic E-state index is -0.615. The molecule has 5 atom stereocenters. The minimum absolute atomic E-state index is 0.00871. The van der Waals surface area contributed by atoms with Gasteiger partial charge in [0.15, 0.2) is 0 Å². The van der Waals surface area contributed by atoms with Gasteiger partial charge in [-0.15, -0.1) is 18.3 Å². The van der Waals surface area contributed by atoms with Crippen molar-refractivity contribution in [1.82, 2.24) is 9.80 Å². The lowest BCUT2D eigenvalue weighted by Crippen LogP contribution is -2.58. The van der Waals surface area contributed by atoms with E-state index >= 15 is 0 Å². The molecule has 1 N–H and O–H groups in total. The van der Waals surface area contributed by atoms with Gasteiger partial charge in [-0.25, -0.2) is 0 Å². The number of unbranched alkanes of at least 4 members (excludes halogenated alkanes) is 2. The van der Waals surface area contributed by atoms with Gasteiger partial charge in [0, 0.05) is 30.5 Å². The molecule has 33 heavy (non-hydrogen) atoms. The zero-order valence-corrected chi connectivity index (χ0v) is 20.9. The molecule has 0 aliphatic carbocycles. The summed E-state index contributed by atoms with van der Waals surface area (Å²) in [4.78, 5) is 44.4. The van der Waals surface area contributed by atoms with Crippen LogP contribution in [0.4, 0.5) is 0 Å². The van der Waals surface area contributed by atoms with Crippen LogP contribution in [-0.2, 0) is 19.1 Å². The van der Waals surface area contributed by atoms with Crippen LogP contribution < -0.4 is 0 Å². The van der Waals surface area contributed by atoms with Crippen molar-refractivity contribution >= 4 is 29.5 Å². The van der Waals surface area contributed by atoms with Crippen molar-refractivity contribution < 1.29 is 24.2 Å². The fourth-order valence-corrected chi connectivity index (χ4v) is 7.92. The van der Waals surface area contributed by atoms with Gasteiger partial charge < -0.3 is 19.6 Å². The van der Waals surface area contributed by atoms with Crippen LogP contribution in [0.3, 0.4) is 0 Å². The van der Waals surface area contributed by atoms with Crippen molar-refractivity contribution in [2.45, 2.75) is 74.5 Å². The van der Waals surface area contributed by atoms with Gasteiger partial charge in [0.2, 0.25) is 11.8 Å². The first-order chi connectivity index (χ1) is 15.6. The average Bonchev–Trinajstić information content (AvgIpc) is 3.39. The molecule has 2 bridgehead atoms. The Kier molecular flexibility index (Phi) is 7.99. The summed E-state index contributed by atoms with van der Waals surface area (Å²) in [5, 5.41) is 9.13. The summed E-state index contributed by atoms with van der Waals surface area (Å²) < 4.78 is 4.78. The Bertz CT molecular complexity index is 794. The Labute approximate surface area is 201 Å². The highest BCUT2D eigenvalue weighted by molar-refractivity contribution is 8.02. The van der Waals surface area contributed by atoms with E-state index < -0.39 is 28.2 Å². The van der Waals surface area contributed by atoms with Gasteiger partial charge in [0.1, 0.15) is 12.6 Å². The lowest BCUT2D eigenvalue weighted by molar-refractivity contribution is -0.153. The van der Waals surface area contributed by atoms with Gasteiger partial charge in [-0.1, -0.05) is 18.7 Å². The normalized spacial score (nSPS) is 30.3. The number of esters is 1. The zero-order valence-electron chi connectivity index (χ0n) is 20.1. The van der Waals surface area contributed by atoms with Crippen LogP contribution >= 0.6 is 11.8 Å². The number of carbonyl (C=O) groups excluding carboxylic acids is 3. The predicted octanol–water partition coefficient (Wildman–Crippen LogP) is 2.78. The Morgan fingerprint density at radius 1 is 1.27 bits per heavy atom. The molecule has 7 nitrogen and oxygen atoms in total. The molecule has 2 unspecified atom stereocenters. The van der Waals surface area contributed by atoms with E-state index in [9.17, 15) is 14.4 Å². The Hall–Kier alpha value is -1.80. The van der Waals surface area contributed by atoms with Crippen LogP contribution in [0, 0.1) is 11.8 Å². The lowest BCUT2D eigenvalue weighted by atomic mass is 9.71. The first kappa shape index (κ1) is 25.8. The van der Waals surface area contributed by atoms with Crippen molar-refractivity contribution in [2.75, 3.05) is 26.3 Å². The maximum absolute atomic E-state index is 14.1. The van der Waals surface area contributed by atoms with Crippen LogP contribution in [0.25, 0.3) is 0 Å². The van der Waals surface area contributed by atoms with E-state index in [4.69, 9.17) is 9.84 Å². The number of rotatable bonds is 11. The summed E-state index contributed by atoms with van der Waals surface area (Å²) in [6.07, 6.45) is 6.91. The van der Waals surface area contributed by atoms with E-state index in [0.717, 1.165) is 19.3 Å². The van der Waals surface area contributed by atoms with E-state index in [2.05, 4.69) is 13.2 Å². The molecule has 3 aliphatic rings. The third-order valence-corrected chi connectivity index (χ3v) is 9.05. The number of fused-ring (bicyclic) bond motifs is 1. The second-order valence-corrected chi connectivity index (χ2v) is 11.8. The number of hydrogen-bond acceptors (Lipinski definition) is 6. The molecule has 0 saturated carbocycles. The minimum Gasteiger partial charge on any atom is -0.461 e. The molecule has 0 aromatic carbocycles. The number of carbonyl (C=O) groups is 3. The SMILES string of the molecule is C=CCOC(=O)[C@@H]1[C@@H]2CCC3(S2)C(C(=O)N(CC=C)C(C)(C)C)N(CCCCCO)C(=O)[C@H]13. The van der Waals surface area contributed by atoms with Crippen LogP contribution in [-0.4, -0.2) is 80.6 Å². The van der Waals surface area contributed by atoms with Gasteiger partial charge in [-0.2, -0.15) is 0 Å². The Balaban J connectivity index is 1.98. The Morgan fingerprint density at radius 3 is 2.61 bits per heavy atom. The van der Waals surface area contributed by atoms with Crippen molar-refractivity contribution in [3.63, 3.8) is 0 Å². The number of aliphatic hydroxyl groups is 1. The van der Waals surface area contributed by atoms with Gasteiger partial charge in [0.25, 0.3) is 0 Å². The molecule has 2 amide bonds. The number of amides is 2. The number of aliphatic hydroxyl groups excluding tert-OH is 1. The molecule has 3 saturated heterocycles. The summed E-state index contributed by atoms with van der Waals surface area (Å²) in [5.41, 5.74) is -0.435. The lowest BCUT2D eigenvalue weighted by Gasteiger charge is -2.42. The molecule has 3 fully saturated rings. The molecule has 0 aromatic heterocycles. The van der Waals surface area contributed by atoms with Gasteiger partial charge >= 0.3 is 5.97 Å². The van der Waals surface area contributed by atoms with Crippen molar-refractivity contribution in [3.05, 3.63) is 25.3 Å². The van der Waals surface area contributed by atoms with Crippen molar-refractivity contribution in [2.24, 2.45) is 11.8 Å². The fraction of sp³-hybridized carbons (Fsp3) is 0.720. The highest BCUT2D eigenvalue weighted by Crippen LogP contribution is 2.66. The molecule has 3 rings (SSSR count). The summed E-state index contributed by atoms with van der Waals surface area (Å²) in [5.74, 6) is -1.62. The summed E-state index contributed by atoms with van der Waals surface area (Å²) in [6.45, 7) is 14.5. The highest BCUT2D eigenvalue weighted by atomic mass is 32.2. The van der Waals surface area contributed by atoms with E-state index in [-0.39, 0.29) is 36.2 Å². The number of thioether (sulfide) groups is 1. The molecule has 3 aliphatic heterocycles. The molecular weight excluding hydrogens is 440 g/mol. The van der Waals surface area contributed by atoms with Gasteiger partial charge in [-0.05, 0) is 52.9 Å². The van der Waals surface area contributed by atoms with Crippen molar-refractivity contribution in [1.29, 1.82) is 0 Å². The van der Waals surface area contributed by atoms with Crippen molar-refractivity contribution in [3.8, 4) is 0 Å². The first-order valence-electron chi connectivity index (χ1n) is 11.9. The van der Waals surface area contributed by atoms with Crippen LogP contribution in [0.5, 0.6) is 0 Å². The van der Waals surface area contributed by atoms with Crippen LogP contribution in [0.1, 0.15) is 52.9 Å². The molecule has 0 radical (unpaired) electrons. The monoisotopic (exact) mass is 478 g/mol. The van der Waals surface area contributed by atoms with Gasteiger partial charge in [-0.3, -0.25) is 14.4 Å². The third-order valence-electron chi connectivity index (χ3n) is 7.09. The predicted molar refractivity (Wildman–Crippen MR) is 130 cm³/mol. The topological polar surface area (TPSA) is 87.2 Å². The standard InChI is InChI=1S/C25H38N2O5S/c1-6-13-27(24(3,4)5)22(30)20-25-12-11-17(33-25)18(23(31)32-16-7-2)19(25)21(29)26(20)14-9-8-10-15-28/h6-7,17-20,28H,1-2,8-16H2,3-5H3/t17-,18+,19-,20?,25?/m0/s1. The smallest absolute Gasteiger partial charge is 0.311 e. The third kappa shape index (κ3) is 4.61. The molecular formula is C25H38N2O5S. The van der Waals surface area contributed by atoms with Crippen LogP contribution in [0.2, 0.25) is 0 Å². The quantitative estimate of drug-likeness (QED) is 0.279. The van der Waals surface area contributed by atoms with E-state index in [1.54, 1.807) is 27.6 Å². The second kappa shape index (κ2) is 10.2.